The fourth-order valence-corrected chi connectivity index (χ4v) is 5.66. The average molecular weight is 504 g/mol. The molecule has 0 fully saturated rings. The van der Waals surface area contributed by atoms with Crippen LogP contribution in [0.15, 0.2) is 42.5 Å². The van der Waals surface area contributed by atoms with Gasteiger partial charge in [-0.25, -0.2) is 0 Å². The largest absolute Gasteiger partial charge is 0.504 e. The molecule has 7 heteroatoms. The number of nitrogens with one attached hydrogen (secondary N) is 1. The molecule has 2 N–H and O–H groups in total. The Morgan fingerprint density at radius 2 is 1.94 bits per heavy atom. The summed E-state index contributed by atoms with van der Waals surface area (Å²) in [7, 11) is 1.55. The lowest BCUT2D eigenvalue weighted by Gasteiger charge is -2.35. The molecule has 184 valence electrons. The molecule has 0 bridgehead atoms. The highest BCUT2D eigenvalue weighted by Crippen LogP contribution is 2.54. The molecule has 6 rings (SSSR count). The van der Waals surface area contributed by atoms with Gasteiger partial charge in [-0.3, -0.25) is 0 Å². The van der Waals surface area contributed by atoms with Gasteiger partial charge in [-0.2, -0.15) is 0 Å². The Bertz CT molecular complexity index is 1490. The number of methoxy groups -OCH3 is 1. The maximum atomic E-state index is 10.6. The number of hydrogen-bond acceptors (Lipinski definition) is 6. The van der Waals surface area contributed by atoms with E-state index in [-0.39, 0.29) is 18.1 Å². The third-order valence-corrected chi connectivity index (χ3v) is 6.88. The number of hydrogen-bond donors (Lipinski definition) is 2. The van der Waals surface area contributed by atoms with E-state index in [4.69, 9.17) is 30.5 Å². The van der Waals surface area contributed by atoms with Gasteiger partial charge in [0.05, 0.1) is 24.8 Å². The summed E-state index contributed by atoms with van der Waals surface area (Å²) in [6.45, 7) is 6.99. The fraction of sp³-hybridized carbons (Fsp3) is 0.241. The molecule has 0 atom stereocenters. The summed E-state index contributed by atoms with van der Waals surface area (Å²) in [4.78, 5) is 0. The van der Waals surface area contributed by atoms with Crippen LogP contribution in [0.5, 0.6) is 23.0 Å². The van der Waals surface area contributed by atoms with Crippen molar-refractivity contribution in [3.8, 4) is 34.1 Å². The van der Waals surface area contributed by atoms with Crippen LogP contribution in [0.3, 0.4) is 0 Å². The number of halogens is 1. The second-order valence-corrected chi connectivity index (χ2v) is 10.2. The maximum Gasteiger partial charge on any atom is 0.189 e. The third-order valence-electron chi connectivity index (χ3n) is 6.66. The fourth-order valence-electron chi connectivity index (χ4n) is 5.41. The van der Waals surface area contributed by atoms with Crippen LogP contribution in [0.4, 0.5) is 5.69 Å². The Balaban J connectivity index is 1.66. The van der Waals surface area contributed by atoms with Gasteiger partial charge in [-0.15, -0.1) is 0 Å². The summed E-state index contributed by atoms with van der Waals surface area (Å²) in [5, 5.41) is 14.8. The van der Waals surface area contributed by atoms with Crippen LogP contribution in [0.25, 0.3) is 28.5 Å². The molecule has 3 heterocycles. The minimum absolute atomic E-state index is 0.0554. The van der Waals surface area contributed by atoms with E-state index < -0.39 is 0 Å². The summed E-state index contributed by atoms with van der Waals surface area (Å²) in [5.74, 6) is 2.40. The molecule has 0 aliphatic carbocycles. The minimum Gasteiger partial charge on any atom is -0.504 e. The lowest BCUT2D eigenvalue weighted by molar-refractivity contribution is -0.0165. The lowest BCUT2D eigenvalue weighted by atomic mass is 9.82. The van der Waals surface area contributed by atoms with Crippen LogP contribution in [0.2, 0.25) is 5.02 Å². The normalized spacial score (nSPS) is 17.9. The number of anilines is 1. The van der Waals surface area contributed by atoms with Crippen LogP contribution in [0.1, 0.15) is 43.0 Å². The number of benzene rings is 3. The van der Waals surface area contributed by atoms with E-state index in [0.29, 0.717) is 34.5 Å². The first-order valence-corrected chi connectivity index (χ1v) is 12.1. The molecule has 0 saturated carbocycles. The highest BCUT2D eigenvalue weighted by Gasteiger charge is 2.33. The van der Waals surface area contributed by atoms with E-state index in [2.05, 4.69) is 38.2 Å². The molecule has 0 aromatic heterocycles. The van der Waals surface area contributed by atoms with E-state index in [0.717, 1.165) is 44.8 Å². The summed E-state index contributed by atoms with van der Waals surface area (Å²) >= 11 is 6.46. The van der Waals surface area contributed by atoms with Crippen molar-refractivity contribution >= 4 is 34.7 Å². The van der Waals surface area contributed by atoms with Gasteiger partial charge in [0, 0.05) is 38.5 Å². The first-order chi connectivity index (χ1) is 17.3. The highest BCUT2D eigenvalue weighted by molar-refractivity contribution is 6.31. The predicted molar refractivity (Wildman–Crippen MR) is 142 cm³/mol. The zero-order chi connectivity index (χ0) is 25.2. The van der Waals surface area contributed by atoms with Crippen molar-refractivity contribution in [3.05, 3.63) is 69.8 Å². The Kier molecular flexibility index (Phi) is 5.21. The van der Waals surface area contributed by atoms with Gasteiger partial charge in [0.1, 0.15) is 17.3 Å². The van der Waals surface area contributed by atoms with Crippen LogP contribution in [-0.4, -0.2) is 24.5 Å². The summed E-state index contributed by atoms with van der Waals surface area (Å²) in [6, 6.07) is 11.2. The zero-order valence-corrected chi connectivity index (χ0v) is 21.2. The van der Waals surface area contributed by atoms with Crippen molar-refractivity contribution in [1.29, 1.82) is 0 Å². The smallest absolute Gasteiger partial charge is 0.189 e. The number of ether oxygens (including phenoxy) is 4. The molecule has 0 spiro atoms. The van der Waals surface area contributed by atoms with Crippen molar-refractivity contribution in [2.45, 2.75) is 32.9 Å². The van der Waals surface area contributed by atoms with Crippen molar-refractivity contribution in [1.82, 2.24) is 0 Å². The molecule has 0 radical (unpaired) electrons. The molecule has 3 aromatic carbocycles. The number of fused-ring (bicyclic) bond motifs is 6. The number of phenols is 1. The van der Waals surface area contributed by atoms with Gasteiger partial charge in [0.2, 0.25) is 0 Å². The van der Waals surface area contributed by atoms with E-state index in [1.54, 1.807) is 19.2 Å². The SMILES string of the molecule is COc1c(O)ccc2c1-c1ccc3c(c1/C(=C/c1cc(Cl)cc4c1OCOC4)O2)C(C)=CC(C)(C)N3. The molecular weight excluding hydrogens is 478 g/mol. The minimum atomic E-state index is -0.196. The zero-order valence-electron chi connectivity index (χ0n) is 20.5. The van der Waals surface area contributed by atoms with E-state index in [1.165, 1.54) is 0 Å². The number of allylic oxidation sites excluding steroid dienone is 1. The second-order valence-electron chi connectivity index (χ2n) is 9.78. The van der Waals surface area contributed by atoms with Crippen LogP contribution in [0, 0.1) is 0 Å². The first-order valence-electron chi connectivity index (χ1n) is 11.7. The second kappa shape index (κ2) is 8.22. The van der Waals surface area contributed by atoms with Gasteiger partial charge in [0.25, 0.3) is 0 Å². The highest BCUT2D eigenvalue weighted by atomic mass is 35.5. The van der Waals surface area contributed by atoms with Crippen LogP contribution in [-0.2, 0) is 11.3 Å². The van der Waals surface area contributed by atoms with Gasteiger partial charge < -0.3 is 29.4 Å². The number of rotatable bonds is 2. The summed E-state index contributed by atoms with van der Waals surface area (Å²) in [5.41, 5.74) is 7.19. The van der Waals surface area contributed by atoms with Gasteiger partial charge in [-0.05, 0) is 62.8 Å². The van der Waals surface area contributed by atoms with Crippen molar-refractivity contribution in [3.63, 3.8) is 0 Å². The van der Waals surface area contributed by atoms with Gasteiger partial charge in [-0.1, -0.05) is 23.7 Å². The quantitative estimate of drug-likeness (QED) is 0.389. The Hall–Kier alpha value is -3.61. The predicted octanol–water partition coefficient (Wildman–Crippen LogP) is 7.09. The van der Waals surface area contributed by atoms with Crippen LogP contribution >= 0.6 is 11.6 Å². The van der Waals surface area contributed by atoms with Crippen molar-refractivity contribution < 1.29 is 24.1 Å². The monoisotopic (exact) mass is 503 g/mol. The Labute approximate surface area is 214 Å². The third kappa shape index (κ3) is 3.60. The molecular formula is C29H26ClNO5. The number of phenolic OH excluding ortho intramolecular Hbond substituents is 1. The molecule has 36 heavy (non-hydrogen) atoms. The van der Waals surface area contributed by atoms with Gasteiger partial charge in [0.15, 0.2) is 18.3 Å². The number of aromatic hydroxyl groups is 1. The molecule has 3 aliphatic heterocycles. The summed E-state index contributed by atoms with van der Waals surface area (Å²) in [6.07, 6.45) is 4.18. The van der Waals surface area contributed by atoms with Crippen LogP contribution < -0.4 is 19.5 Å². The molecule has 6 nitrogen and oxygen atoms in total. The molecule has 0 saturated heterocycles. The Morgan fingerprint density at radius 3 is 2.75 bits per heavy atom. The van der Waals surface area contributed by atoms with Crippen molar-refractivity contribution in [2.24, 2.45) is 0 Å². The van der Waals surface area contributed by atoms with E-state index in [9.17, 15) is 5.11 Å². The molecule has 0 amide bonds. The standard InChI is InChI=1S/C29H26ClNO5/c1-15-12-29(2,3)31-20-6-5-19-25(24(15)20)23(36-22-8-7-21(32)28(33-4)26(19)22)11-16-9-18(30)10-17-13-34-14-35-27(16)17/h5-12,31-32H,13-14H2,1-4H3/b23-11-. The molecule has 3 aromatic rings. The topological polar surface area (TPSA) is 69.2 Å². The van der Waals surface area contributed by atoms with E-state index >= 15 is 0 Å². The van der Waals surface area contributed by atoms with E-state index in [1.807, 2.05) is 24.3 Å². The first kappa shape index (κ1) is 22.8. The van der Waals surface area contributed by atoms with Gasteiger partial charge >= 0.3 is 0 Å². The van der Waals surface area contributed by atoms with Crippen molar-refractivity contribution in [2.75, 3.05) is 19.2 Å². The Morgan fingerprint density at radius 1 is 1.11 bits per heavy atom. The maximum absolute atomic E-state index is 10.6. The lowest BCUT2D eigenvalue weighted by Crippen LogP contribution is -2.32. The summed E-state index contributed by atoms with van der Waals surface area (Å²) < 4.78 is 23.5. The molecule has 3 aliphatic rings. The average Bonchev–Trinajstić information content (AvgIpc) is 2.83. The molecule has 0 unspecified atom stereocenters.